The van der Waals surface area contributed by atoms with E-state index in [1.807, 2.05) is 45.0 Å². The van der Waals surface area contributed by atoms with Crippen molar-refractivity contribution in [2.45, 2.75) is 26.9 Å². The Balaban J connectivity index is 1.69. The predicted molar refractivity (Wildman–Crippen MR) is 98.6 cm³/mol. The number of piperazine rings is 1. The number of rotatable bonds is 8. The number of quaternary nitrogens is 2. The quantitative estimate of drug-likeness (QED) is 0.504. The lowest BCUT2D eigenvalue weighted by Crippen LogP contribution is -3.28. The molecule has 1 aliphatic heterocycles. The number of benzene rings is 1. The van der Waals surface area contributed by atoms with Crippen molar-refractivity contribution in [3.8, 4) is 5.75 Å². The van der Waals surface area contributed by atoms with Crippen LogP contribution in [-0.2, 0) is 14.3 Å². The molecule has 26 heavy (non-hydrogen) atoms. The molecule has 7 nitrogen and oxygen atoms in total. The number of nitrogens with one attached hydrogen (secondary N) is 3. The molecule has 7 heteroatoms. The second-order valence-corrected chi connectivity index (χ2v) is 6.90. The zero-order valence-corrected chi connectivity index (χ0v) is 16.0. The Morgan fingerprint density at radius 2 is 1.62 bits per heavy atom. The summed E-state index contributed by atoms with van der Waals surface area (Å²) in [5.74, 6) is 0.657. The molecule has 1 saturated heterocycles. The van der Waals surface area contributed by atoms with E-state index in [0.717, 1.165) is 37.6 Å². The molecule has 144 valence electrons. The first-order valence-corrected chi connectivity index (χ1v) is 9.35. The van der Waals surface area contributed by atoms with Gasteiger partial charge in [0.05, 0.1) is 12.7 Å². The summed E-state index contributed by atoms with van der Waals surface area (Å²) in [5, 5.41) is 2.93. The molecule has 1 amide bonds. The fourth-order valence-electron chi connectivity index (χ4n) is 3.05. The minimum absolute atomic E-state index is 0.00632. The molecule has 3 N–H and O–H groups in total. The third-order valence-corrected chi connectivity index (χ3v) is 4.29. The van der Waals surface area contributed by atoms with Crippen LogP contribution in [0.15, 0.2) is 24.3 Å². The van der Waals surface area contributed by atoms with Crippen molar-refractivity contribution in [1.29, 1.82) is 0 Å². The molecule has 0 spiro atoms. The van der Waals surface area contributed by atoms with Gasteiger partial charge in [0, 0.05) is 5.69 Å². The standard InChI is InChI=1S/C19H29N3O4/c1-4-25-17-7-5-16(6-8-17)20-18(23)13-21-9-11-22(12-10-21)14-19(24)26-15(2)3/h5-8,15H,4,9-14H2,1-3H3,(H,20,23)/p+2. The second-order valence-electron chi connectivity index (χ2n) is 6.90. The van der Waals surface area contributed by atoms with Gasteiger partial charge in [0.15, 0.2) is 13.1 Å². The van der Waals surface area contributed by atoms with Gasteiger partial charge in [-0.05, 0) is 45.0 Å². The average Bonchev–Trinajstić information content (AvgIpc) is 2.58. The smallest absolute Gasteiger partial charge is 0.361 e. The van der Waals surface area contributed by atoms with Crippen LogP contribution in [0.2, 0.25) is 0 Å². The molecule has 0 atom stereocenters. The van der Waals surface area contributed by atoms with E-state index >= 15 is 0 Å². The molecule has 1 fully saturated rings. The van der Waals surface area contributed by atoms with Gasteiger partial charge in [0.2, 0.25) is 0 Å². The molecule has 0 aromatic heterocycles. The van der Waals surface area contributed by atoms with E-state index in [9.17, 15) is 9.59 Å². The highest BCUT2D eigenvalue weighted by Crippen LogP contribution is 2.15. The molecule has 2 rings (SSSR count). The molecule has 1 aromatic carbocycles. The van der Waals surface area contributed by atoms with Crippen LogP contribution in [0.25, 0.3) is 0 Å². The lowest BCUT2D eigenvalue weighted by Gasteiger charge is -2.28. The van der Waals surface area contributed by atoms with Gasteiger partial charge in [-0.15, -0.1) is 0 Å². The van der Waals surface area contributed by atoms with Gasteiger partial charge >= 0.3 is 5.97 Å². The van der Waals surface area contributed by atoms with Gasteiger partial charge in [-0.25, -0.2) is 4.79 Å². The molecule has 1 aromatic rings. The zero-order chi connectivity index (χ0) is 18.9. The first-order chi connectivity index (χ1) is 12.5. The molecule has 0 aliphatic carbocycles. The lowest BCUT2D eigenvalue weighted by molar-refractivity contribution is -1.00. The monoisotopic (exact) mass is 365 g/mol. The Kier molecular flexibility index (Phi) is 7.87. The van der Waals surface area contributed by atoms with Crippen LogP contribution in [0.4, 0.5) is 5.69 Å². The Labute approximate surface area is 155 Å². The van der Waals surface area contributed by atoms with Gasteiger partial charge in [-0.2, -0.15) is 0 Å². The minimum atomic E-state index is -0.147. The largest absolute Gasteiger partial charge is 0.494 e. The first-order valence-electron chi connectivity index (χ1n) is 9.35. The number of anilines is 1. The fourth-order valence-corrected chi connectivity index (χ4v) is 3.05. The fraction of sp³-hybridized carbons (Fsp3) is 0.579. The molecule has 0 saturated carbocycles. The molecule has 1 heterocycles. The van der Waals surface area contributed by atoms with Crippen molar-refractivity contribution >= 4 is 17.6 Å². The van der Waals surface area contributed by atoms with Crippen molar-refractivity contribution in [3.63, 3.8) is 0 Å². The Morgan fingerprint density at radius 1 is 1.04 bits per heavy atom. The van der Waals surface area contributed by atoms with Gasteiger partial charge in [-0.1, -0.05) is 0 Å². The summed E-state index contributed by atoms with van der Waals surface area (Å²) >= 11 is 0. The summed E-state index contributed by atoms with van der Waals surface area (Å²) in [6.07, 6.45) is -0.0693. The highest BCUT2D eigenvalue weighted by atomic mass is 16.5. The summed E-state index contributed by atoms with van der Waals surface area (Å²) in [7, 11) is 0. The highest BCUT2D eigenvalue weighted by molar-refractivity contribution is 5.91. The van der Waals surface area contributed by atoms with Crippen LogP contribution < -0.4 is 19.9 Å². The van der Waals surface area contributed by atoms with Crippen molar-refractivity contribution in [3.05, 3.63) is 24.3 Å². The van der Waals surface area contributed by atoms with E-state index in [-0.39, 0.29) is 18.0 Å². The summed E-state index contributed by atoms with van der Waals surface area (Å²) < 4.78 is 10.6. The predicted octanol–water partition coefficient (Wildman–Crippen LogP) is -1.24. The second kappa shape index (κ2) is 10.1. The maximum absolute atomic E-state index is 12.2. The number of carbonyl (C=O) groups excluding carboxylic acids is 2. The van der Waals surface area contributed by atoms with Crippen molar-refractivity contribution in [2.75, 3.05) is 51.2 Å². The summed E-state index contributed by atoms with van der Waals surface area (Å²) in [6.45, 7) is 10.6. The SMILES string of the molecule is CCOc1ccc(NC(=O)C[NH+]2CC[NH+](CC(=O)OC(C)C)CC2)cc1. The van der Waals surface area contributed by atoms with Crippen LogP contribution >= 0.6 is 0 Å². The van der Waals surface area contributed by atoms with E-state index in [2.05, 4.69) is 5.32 Å². The molecule has 1 aliphatic rings. The molecular weight excluding hydrogens is 334 g/mol. The maximum atomic E-state index is 12.2. The molecule has 0 unspecified atom stereocenters. The number of ether oxygens (including phenoxy) is 2. The third kappa shape index (κ3) is 7.01. The maximum Gasteiger partial charge on any atom is 0.361 e. The number of carbonyl (C=O) groups is 2. The normalized spacial score (nSPS) is 19.8. The van der Waals surface area contributed by atoms with Crippen LogP contribution in [0.3, 0.4) is 0 Å². The number of hydrogen-bond donors (Lipinski definition) is 3. The summed E-state index contributed by atoms with van der Waals surface area (Å²) in [4.78, 5) is 26.4. The Morgan fingerprint density at radius 3 is 2.15 bits per heavy atom. The van der Waals surface area contributed by atoms with Gasteiger partial charge in [0.1, 0.15) is 31.9 Å². The summed E-state index contributed by atoms with van der Waals surface area (Å²) in [6, 6.07) is 7.40. The van der Waals surface area contributed by atoms with E-state index in [0.29, 0.717) is 19.7 Å². The van der Waals surface area contributed by atoms with Gasteiger partial charge < -0.3 is 24.6 Å². The Hall–Kier alpha value is -2.12. The lowest BCUT2D eigenvalue weighted by atomic mass is 10.3. The van der Waals surface area contributed by atoms with Crippen molar-refractivity contribution in [1.82, 2.24) is 0 Å². The van der Waals surface area contributed by atoms with E-state index in [4.69, 9.17) is 9.47 Å². The van der Waals surface area contributed by atoms with Crippen LogP contribution in [0.5, 0.6) is 5.75 Å². The number of hydrogen-bond acceptors (Lipinski definition) is 4. The third-order valence-electron chi connectivity index (χ3n) is 4.29. The highest BCUT2D eigenvalue weighted by Gasteiger charge is 2.27. The molecule has 0 radical (unpaired) electrons. The van der Waals surface area contributed by atoms with E-state index < -0.39 is 0 Å². The average molecular weight is 365 g/mol. The molecular formula is C19H31N3O4+2. The molecule has 0 bridgehead atoms. The topological polar surface area (TPSA) is 73.5 Å². The van der Waals surface area contributed by atoms with E-state index in [1.54, 1.807) is 0 Å². The number of esters is 1. The van der Waals surface area contributed by atoms with Gasteiger partial charge in [-0.3, -0.25) is 4.79 Å². The van der Waals surface area contributed by atoms with Gasteiger partial charge in [0.25, 0.3) is 5.91 Å². The van der Waals surface area contributed by atoms with Crippen LogP contribution in [-0.4, -0.2) is 63.9 Å². The number of amides is 1. The summed E-state index contributed by atoms with van der Waals surface area (Å²) in [5.41, 5.74) is 0.776. The Bertz CT molecular complexity index is 581. The minimum Gasteiger partial charge on any atom is -0.494 e. The first kappa shape index (κ1) is 20.2. The zero-order valence-electron chi connectivity index (χ0n) is 16.0. The van der Waals surface area contributed by atoms with Crippen LogP contribution in [0, 0.1) is 0 Å². The van der Waals surface area contributed by atoms with Crippen molar-refractivity contribution < 1.29 is 28.9 Å². The van der Waals surface area contributed by atoms with Crippen LogP contribution in [0.1, 0.15) is 20.8 Å². The van der Waals surface area contributed by atoms with E-state index in [1.165, 1.54) is 9.80 Å². The van der Waals surface area contributed by atoms with Crippen molar-refractivity contribution in [2.24, 2.45) is 0 Å².